The number of ether oxygens (including phenoxy) is 2. The summed E-state index contributed by atoms with van der Waals surface area (Å²) in [4.78, 5) is 0. The average molecular weight is 229 g/mol. The molecule has 0 spiro atoms. The van der Waals surface area contributed by atoms with Crippen molar-refractivity contribution >= 4 is 11.6 Å². The molecule has 4 heteroatoms. The Kier molecular flexibility index (Phi) is 4.46. The minimum Gasteiger partial charge on any atom is -0.493 e. The van der Waals surface area contributed by atoms with Gasteiger partial charge in [0.15, 0.2) is 11.5 Å². The molecule has 0 atom stereocenters. The fraction of sp³-hybridized carbons (Fsp3) is 0.273. The van der Waals surface area contributed by atoms with Gasteiger partial charge in [-0.25, -0.2) is 0 Å². The number of aliphatic hydroxyl groups is 1. The highest BCUT2D eigenvalue weighted by Crippen LogP contribution is 2.31. The number of benzene rings is 1. The monoisotopic (exact) mass is 228 g/mol. The fourth-order valence-corrected chi connectivity index (χ4v) is 1.22. The smallest absolute Gasteiger partial charge is 0.167 e. The Hall–Kier alpha value is -1.19. The molecule has 1 rings (SSSR count). The highest BCUT2D eigenvalue weighted by molar-refractivity contribution is 6.29. The van der Waals surface area contributed by atoms with Crippen molar-refractivity contribution in [1.82, 2.24) is 0 Å². The third-order valence-electron chi connectivity index (χ3n) is 1.82. The van der Waals surface area contributed by atoms with Crippen molar-refractivity contribution in [2.75, 3.05) is 13.7 Å². The highest BCUT2D eigenvalue weighted by Gasteiger charge is 2.09. The summed E-state index contributed by atoms with van der Waals surface area (Å²) in [7, 11) is 1.54. The molecule has 1 aromatic rings. The first-order valence-corrected chi connectivity index (χ1v) is 4.79. The first-order valence-electron chi connectivity index (χ1n) is 4.42. The third kappa shape index (κ3) is 3.15. The molecule has 0 aliphatic heterocycles. The lowest BCUT2D eigenvalue weighted by molar-refractivity contribution is 0.264. The first-order chi connectivity index (χ1) is 7.19. The second kappa shape index (κ2) is 5.63. The zero-order valence-electron chi connectivity index (χ0n) is 8.50. The van der Waals surface area contributed by atoms with Gasteiger partial charge in [-0.05, 0) is 6.07 Å². The zero-order valence-corrected chi connectivity index (χ0v) is 9.25. The molecular formula is C11H13ClO3. The number of rotatable bonds is 5. The lowest BCUT2D eigenvalue weighted by atomic mass is 10.2. The van der Waals surface area contributed by atoms with Gasteiger partial charge in [0.1, 0.15) is 6.61 Å². The van der Waals surface area contributed by atoms with Crippen LogP contribution in [-0.4, -0.2) is 18.8 Å². The van der Waals surface area contributed by atoms with Crippen LogP contribution in [0.3, 0.4) is 0 Å². The van der Waals surface area contributed by atoms with Gasteiger partial charge in [0.2, 0.25) is 0 Å². The van der Waals surface area contributed by atoms with Crippen molar-refractivity contribution < 1.29 is 14.6 Å². The largest absolute Gasteiger partial charge is 0.493 e. The SMILES string of the molecule is C=C(Cl)COc1c(CO)cccc1OC. The topological polar surface area (TPSA) is 38.7 Å². The van der Waals surface area contributed by atoms with Crippen molar-refractivity contribution in [2.24, 2.45) is 0 Å². The van der Waals surface area contributed by atoms with E-state index >= 15 is 0 Å². The molecule has 0 aliphatic carbocycles. The number of hydrogen-bond donors (Lipinski definition) is 1. The maximum absolute atomic E-state index is 9.11. The Morgan fingerprint density at radius 2 is 2.27 bits per heavy atom. The number of hydrogen-bond acceptors (Lipinski definition) is 3. The lowest BCUT2D eigenvalue weighted by Crippen LogP contribution is -2.02. The van der Waals surface area contributed by atoms with Gasteiger partial charge >= 0.3 is 0 Å². The van der Waals surface area contributed by atoms with Crippen molar-refractivity contribution in [1.29, 1.82) is 0 Å². The quantitative estimate of drug-likeness (QED) is 0.841. The summed E-state index contributed by atoms with van der Waals surface area (Å²) in [5.74, 6) is 1.07. The van der Waals surface area contributed by atoms with Crippen LogP contribution in [-0.2, 0) is 6.61 Å². The Morgan fingerprint density at radius 3 is 2.80 bits per heavy atom. The van der Waals surface area contributed by atoms with Crippen LogP contribution in [0.5, 0.6) is 11.5 Å². The predicted octanol–water partition coefficient (Wildman–Crippen LogP) is 2.32. The van der Waals surface area contributed by atoms with E-state index in [1.165, 1.54) is 0 Å². The van der Waals surface area contributed by atoms with Gasteiger partial charge in [0.05, 0.1) is 13.7 Å². The third-order valence-corrected chi connectivity index (χ3v) is 1.93. The minimum absolute atomic E-state index is 0.110. The van der Waals surface area contributed by atoms with Gasteiger partial charge < -0.3 is 14.6 Å². The van der Waals surface area contributed by atoms with E-state index in [1.54, 1.807) is 25.3 Å². The van der Waals surface area contributed by atoms with Crippen LogP contribution >= 0.6 is 11.6 Å². The van der Waals surface area contributed by atoms with E-state index in [1.807, 2.05) is 0 Å². The molecule has 0 aromatic heterocycles. The molecule has 1 aromatic carbocycles. The summed E-state index contributed by atoms with van der Waals surface area (Å²) in [5.41, 5.74) is 0.660. The molecule has 0 saturated carbocycles. The van der Waals surface area contributed by atoms with Crippen LogP contribution in [0.15, 0.2) is 29.8 Å². The van der Waals surface area contributed by atoms with Crippen molar-refractivity contribution in [2.45, 2.75) is 6.61 Å². The van der Waals surface area contributed by atoms with Crippen molar-refractivity contribution in [3.8, 4) is 11.5 Å². The van der Waals surface area contributed by atoms with E-state index in [9.17, 15) is 0 Å². The standard InChI is InChI=1S/C11H13ClO3/c1-8(12)7-15-11-9(6-13)4-3-5-10(11)14-2/h3-5,13H,1,6-7H2,2H3. The van der Waals surface area contributed by atoms with Gasteiger partial charge in [-0.3, -0.25) is 0 Å². The zero-order chi connectivity index (χ0) is 11.3. The number of methoxy groups -OCH3 is 1. The second-order valence-corrected chi connectivity index (χ2v) is 3.45. The predicted molar refractivity (Wildman–Crippen MR) is 59.4 cm³/mol. The van der Waals surface area contributed by atoms with Crippen LogP contribution in [0, 0.1) is 0 Å². The summed E-state index contributed by atoms with van der Waals surface area (Å²) < 4.78 is 10.5. The Labute approximate surface area is 93.9 Å². The average Bonchev–Trinajstić information content (AvgIpc) is 2.25. The van der Waals surface area contributed by atoms with Crippen LogP contribution in [0.1, 0.15) is 5.56 Å². The molecule has 15 heavy (non-hydrogen) atoms. The normalized spacial score (nSPS) is 9.80. The second-order valence-electron chi connectivity index (χ2n) is 2.91. The Bertz CT molecular complexity index is 327. The molecule has 0 unspecified atom stereocenters. The Balaban J connectivity index is 2.94. The summed E-state index contributed by atoms with van der Waals surface area (Å²) in [5, 5.41) is 9.51. The van der Waals surface area contributed by atoms with E-state index in [2.05, 4.69) is 6.58 Å². The molecule has 82 valence electrons. The van der Waals surface area contributed by atoms with E-state index in [-0.39, 0.29) is 13.2 Å². The summed E-state index contributed by atoms with van der Waals surface area (Å²) >= 11 is 5.60. The molecule has 0 saturated heterocycles. The molecule has 0 heterocycles. The van der Waals surface area contributed by atoms with Gasteiger partial charge in [-0.15, -0.1) is 0 Å². The molecular weight excluding hydrogens is 216 g/mol. The first kappa shape index (κ1) is 11.9. The highest BCUT2D eigenvalue weighted by atomic mass is 35.5. The molecule has 3 nitrogen and oxygen atoms in total. The van der Waals surface area contributed by atoms with Crippen LogP contribution in [0.2, 0.25) is 0 Å². The van der Waals surface area contributed by atoms with E-state index in [4.69, 9.17) is 26.2 Å². The van der Waals surface area contributed by atoms with Gasteiger partial charge in [-0.1, -0.05) is 30.3 Å². The fourth-order valence-electron chi connectivity index (χ4n) is 1.16. The molecule has 1 N–H and O–H groups in total. The minimum atomic E-state index is -0.110. The van der Waals surface area contributed by atoms with Gasteiger partial charge in [-0.2, -0.15) is 0 Å². The van der Waals surface area contributed by atoms with E-state index in [0.29, 0.717) is 22.1 Å². The maximum atomic E-state index is 9.11. The summed E-state index contributed by atoms with van der Waals surface area (Å²) in [6.45, 7) is 3.60. The number of aliphatic hydroxyl groups excluding tert-OH is 1. The van der Waals surface area contributed by atoms with Crippen LogP contribution in [0.4, 0.5) is 0 Å². The maximum Gasteiger partial charge on any atom is 0.167 e. The van der Waals surface area contributed by atoms with Crippen LogP contribution < -0.4 is 9.47 Å². The van der Waals surface area contributed by atoms with Gasteiger partial charge in [0, 0.05) is 10.6 Å². The van der Waals surface area contributed by atoms with E-state index < -0.39 is 0 Å². The van der Waals surface area contributed by atoms with Crippen molar-refractivity contribution in [3.05, 3.63) is 35.4 Å². The molecule has 0 bridgehead atoms. The molecule has 0 radical (unpaired) electrons. The lowest BCUT2D eigenvalue weighted by Gasteiger charge is -2.13. The number of para-hydroxylation sites is 1. The molecule has 0 aliphatic rings. The van der Waals surface area contributed by atoms with E-state index in [0.717, 1.165) is 0 Å². The van der Waals surface area contributed by atoms with Gasteiger partial charge in [0.25, 0.3) is 0 Å². The molecule has 0 fully saturated rings. The summed E-state index contributed by atoms with van der Waals surface area (Å²) in [6, 6.07) is 5.30. The summed E-state index contributed by atoms with van der Waals surface area (Å²) in [6.07, 6.45) is 0. The number of halogens is 1. The molecule has 0 amide bonds. The Morgan fingerprint density at radius 1 is 1.53 bits per heavy atom. The van der Waals surface area contributed by atoms with Crippen LogP contribution in [0.25, 0.3) is 0 Å². The van der Waals surface area contributed by atoms with Crippen molar-refractivity contribution in [3.63, 3.8) is 0 Å².